The molecule has 0 amide bonds. The maximum absolute atomic E-state index is 10.2. The molecule has 0 unspecified atom stereocenters. The van der Waals surface area contributed by atoms with Crippen molar-refractivity contribution in [2.24, 2.45) is 0 Å². The van der Waals surface area contributed by atoms with E-state index in [1.807, 2.05) is 0 Å². The van der Waals surface area contributed by atoms with Crippen LogP contribution in [0.15, 0.2) is 17.0 Å². The van der Waals surface area contributed by atoms with Crippen molar-refractivity contribution in [1.82, 2.24) is 4.98 Å². The smallest absolute Gasteiger partial charge is 0.313 e. The summed E-state index contributed by atoms with van der Waals surface area (Å²) < 4.78 is 0. The molecule has 1 rings (SSSR count). The topological polar surface area (TPSA) is 50.2 Å². The summed E-state index contributed by atoms with van der Waals surface area (Å²) in [6.07, 6.45) is 0. The van der Waals surface area contributed by atoms with Gasteiger partial charge in [-0.05, 0) is 12.1 Å². The first-order chi connectivity index (χ1) is 6.08. The molecule has 0 aromatic carbocycles. The highest BCUT2D eigenvalue weighted by atomic mass is 35.5. The average Bonchev–Trinajstić information content (AvgIpc) is 1.99. The summed E-state index contributed by atoms with van der Waals surface area (Å²) >= 11 is 12.4. The molecule has 1 aromatic heterocycles. The fourth-order valence-corrected chi connectivity index (χ4v) is 1.94. The number of halogens is 2. The molecule has 1 N–H and O–H groups in total. The lowest BCUT2D eigenvalue weighted by Crippen LogP contribution is -1.97. The fraction of sp³-hybridized carbons (Fsp3) is 0.143. The summed E-state index contributed by atoms with van der Waals surface area (Å²) in [5.41, 5.74) is 0. The molecule has 13 heavy (non-hydrogen) atoms. The van der Waals surface area contributed by atoms with Gasteiger partial charge in [0.1, 0.15) is 10.3 Å². The van der Waals surface area contributed by atoms with E-state index in [0.29, 0.717) is 4.90 Å². The lowest BCUT2D eigenvalue weighted by Gasteiger charge is -1.99. The van der Waals surface area contributed by atoms with E-state index in [1.165, 1.54) is 0 Å². The predicted octanol–water partition coefficient (Wildman–Crippen LogP) is 2.57. The molecule has 0 saturated carbocycles. The van der Waals surface area contributed by atoms with Crippen LogP contribution in [0.25, 0.3) is 0 Å². The molecular weight excluding hydrogens is 233 g/mol. The Labute approximate surface area is 89.1 Å². The highest BCUT2D eigenvalue weighted by molar-refractivity contribution is 8.00. The first-order valence-electron chi connectivity index (χ1n) is 3.25. The molecule has 0 atom stereocenters. The highest BCUT2D eigenvalue weighted by Crippen LogP contribution is 2.23. The van der Waals surface area contributed by atoms with Gasteiger partial charge >= 0.3 is 5.97 Å². The van der Waals surface area contributed by atoms with Gasteiger partial charge in [-0.15, -0.1) is 11.8 Å². The minimum absolute atomic E-state index is 0.0172. The van der Waals surface area contributed by atoms with Crippen LogP contribution in [0.1, 0.15) is 0 Å². The number of carboxylic acid groups (broad SMARTS) is 1. The van der Waals surface area contributed by atoms with Crippen LogP contribution in [0.4, 0.5) is 0 Å². The van der Waals surface area contributed by atoms with E-state index >= 15 is 0 Å². The molecule has 0 bridgehead atoms. The Morgan fingerprint density at radius 1 is 1.46 bits per heavy atom. The standard InChI is InChI=1S/C7H5Cl2NO2S/c8-5-1-4(2-6(9)10-5)13-3-7(11)12/h1-2H,3H2,(H,11,12). The van der Waals surface area contributed by atoms with Crippen LogP contribution in [-0.4, -0.2) is 21.8 Å². The number of carbonyl (C=O) groups is 1. The summed E-state index contributed by atoms with van der Waals surface area (Å²) in [6, 6.07) is 3.14. The SMILES string of the molecule is O=C(O)CSc1cc(Cl)nc(Cl)c1. The minimum atomic E-state index is -0.881. The van der Waals surface area contributed by atoms with Gasteiger partial charge in [-0.2, -0.15) is 0 Å². The zero-order chi connectivity index (χ0) is 9.84. The van der Waals surface area contributed by atoms with Gasteiger partial charge in [0.05, 0.1) is 5.75 Å². The van der Waals surface area contributed by atoms with Gasteiger partial charge in [0.15, 0.2) is 0 Å². The summed E-state index contributed by atoms with van der Waals surface area (Å²) in [7, 11) is 0. The van der Waals surface area contributed by atoms with Crippen LogP contribution in [0.2, 0.25) is 10.3 Å². The van der Waals surface area contributed by atoms with Gasteiger partial charge in [0.2, 0.25) is 0 Å². The van der Waals surface area contributed by atoms with Gasteiger partial charge in [-0.1, -0.05) is 23.2 Å². The Balaban J connectivity index is 2.71. The van der Waals surface area contributed by atoms with Crippen molar-refractivity contribution >= 4 is 40.9 Å². The fourth-order valence-electron chi connectivity index (χ4n) is 0.671. The molecule has 3 nitrogen and oxygen atoms in total. The number of carboxylic acids is 1. The second kappa shape index (κ2) is 4.69. The molecule has 0 spiro atoms. The normalized spacial score (nSPS) is 10.0. The third-order valence-electron chi connectivity index (χ3n) is 1.10. The van der Waals surface area contributed by atoms with E-state index in [4.69, 9.17) is 28.3 Å². The van der Waals surface area contributed by atoms with Crippen LogP contribution in [0.5, 0.6) is 0 Å². The van der Waals surface area contributed by atoms with Crippen LogP contribution >= 0.6 is 35.0 Å². The lowest BCUT2D eigenvalue weighted by molar-refractivity contribution is -0.133. The van der Waals surface area contributed by atoms with Crippen molar-refractivity contribution in [1.29, 1.82) is 0 Å². The molecular formula is C7H5Cl2NO2S. The molecule has 0 fully saturated rings. The number of nitrogens with zero attached hydrogens (tertiary/aromatic N) is 1. The Hall–Kier alpha value is -0.450. The Kier molecular flexibility index (Phi) is 3.84. The third kappa shape index (κ3) is 3.85. The predicted molar refractivity (Wildman–Crippen MR) is 52.6 cm³/mol. The second-order valence-corrected chi connectivity index (χ2v) is 3.95. The monoisotopic (exact) mass is 237 g/mol. The van der Waals surface area contributed by atoms with Gasteiger partial charge in [0, 0.05) is 4.90 Å². The van der Waals surface area contributed by atoms with E-state index in [-0.39, 0.29) is 16.1 Å². The maximum atomic E-state index is 10.2. The summed E-state index contributed by atoms with van der Waals surface area (Å²) in [6.45, 7) is 0. The average molecular weight is 238 g/mol. The van der Waals surface area contributed by atoms with E-state index < -0.39 is 5.97 Å². The first-order valence-corrected chi connectivity index (χ1v) is 5.00. The maximum Gasteiger partial charge on any atom is 0.313 e. The number of hydrogen-bond acceptors (Lipinski definition) is 3. The molecule has 0 aliphatic carbocycles. The van der Waals surface area contributed by atoms with Crippen molar-refractivity contribution < 1.29 is 9.90 Å². The van der Waals surface area contributed by atoms with E-state index in [2.05, 4.69) is 4.98 Å². The number of pyridine rings is 1. The second-order valence-electron chi connectivity index (χ2n) is 2.13. The molecule has 70 valence electrons. The van der Waals surface area contributed by atoms with Crippen LogP contribution in [-0.2, 0) is 4.79 Å². The van der Waals surface area contributed by atoms with Crippen LogP contribution in [0.3, 0.4) is 0 Å². The molecule has 6 heteroatoms. The number of thioether (sulfide) groups is 1. The molecule has 1 aromatic rings. The Morgan fingerprint density at radius 2 is 2.00 bits per heavy atom. The number of aromatic nitrogens is 1. The summed E-state index contributed by atoms with van der Waals surface area (Å²) in [4.78, 5) is 14.7. The van der Waals surface area contributed by atoms with Gasteiger partial charge in [-0.3, -0.25) is 4.79 Å². The molecule has 0 aliphatic heterocycles. The van der Waals surface area contributed by atoms with E-state index in [1.54, 1.807) is 12.1 Å². The van der Waals surface area contributed by atoms with Crippen molar-refractivity contribution in [3.63, 3.8) is 0 Å². The summed E-state index contributed by atoms with van der Waals surface area (Å²) in [5, 5.41) is 8.94. The zero-order valence-corrected chi connectivity index (χ0v) is 8.66. The zero-order valence-electron chi connectivity index (χ0n) is 6.33. The van der Waals surface area contributed by atoms with Crippen molar-refractivity contribution in [3.8, 4) is 0 Å². The van der Waals surface area contributed by atoms with E-state index in [9.17, 15) is 4.79 Å². The van der Waals surface area contributed by atoms with Crippen molar-refractivity contribution in [3.05, 3.63) is 22.4 Å². The molecule has 0 aliphatic rings. The lowest BCUT2D eigenvalue weighted by atomic mass is 10.5. The van der Waals surface area contributed by atoms with Crippen LogP contribution < -0.4 is 0 Å². The quantitative estimate of drug-likeness (QED) is 0.649. The number of aliphatic carboxylic acids is 1. The van der Waals surface area contributed by atoms with Crippen LogP contribution in [0, 0.1) is 0 Å². The first kappa shape index (κ1) is 10.6. The molecule has 0 radical (unpaired) electrons. The summed E-state index contributed by atoms with van der Waals surface area (Å²) in [5.74, 6) is -0.898. The largest absolute Gasteiger partial charge is 0.481 e. The Morgan fingerprint density at radius 3 is 2.46 bits per heavy atom. The van der Waals surface area contributed by atoms with Gasteiger partial charge < -0.3 is 5.11 Å². The van der Waals surface area contributed by atoms with Gasteiger partial charge in [0.25, 0.3) is 0 Å². The minimum Gasteiger partial charge on any atom is -0.481 e. The van der Waals surface area contributed by atoms with E-state index in [0.717, 1.165) is 11.8 Å². The number of rotatable bonds is 3. The Bertz CT molecular complexity index is 312. The van der Waals surface area contributed by atoms with Gasteiger partial charge in [-0.25, -0.2) is 4.98 Å². The van der Waals surface area contributed by atoms with Crippen molar-refractivity contribution in [2.75, 3.05) is 5.75 Å². The third-order valence-corrected chi connectivity index (χ3v) is 2.45. The molecule has 0 saturated heterocycles. The highest BCUT2D eigenvalue weighted by Gasteiger charge is 2.02. The number of hydrogen-bond donors (Lipinski definition) is 1. The molecule has 1 heterocycles. The van der Waals surface area contributed by atoms with Crippen molar-refractivity contribution in [2.45, 2.75) is 4.90 Å².